The molecule has 0 rings (SSSR count). The molecule has 0 unspecified atom stereocenters. The minimum absolute atomic E-state index is 0.226. The zero-order valence-electron chi connectivity index (χ0n) is 3.90. The van der Waals surface area contributed by atoms with Crippen LogP contribution in [0.4, 0.5) is 4.48 Å². The van der Waals surface area contributed by atoms with Crippen LogP contribution in [0.5, 0.6) is 0 Å². The molecule has 4 heteroatoms. The van der Waals surface area contributed by atoms with Crippen molar-refractivity contribution in [2.75, 3.05) is 13.7 Å². The second-order valence-corrected chi connectivity index (χ2v) is 0.951. The zero-order valence-corrected chi connectivity index (χ0v) is 3.90. The fourth-order valence-corrected chi connectivity index (χ4v) is 0.158. The Balaban J connectivity index is 3.00. The van der Waals surface area contributed by atoms with Crippen LogP contribution in [0.3, 0.4) is 0 Å². The number of hydrogen-bond acceptors (Lipinski definition) is 2. The van der Waals surface area contributed by atoms with E-state index >= 15 is 0 Å². The molecule has 0 bridgehead atoms. The van der Waals surface area contributed by atoms with Crippen LogP contribution in [0.2, 0.25) is 0 Å². The molecule has 7 heavy (non-hydrogen) atoms. The maximum Gasteiger partial charge on any atom is 0.273 e. The van der Waals surface area contributed by atoms with Crippen LogP contribution >= 0.6 is 0 Å². The van der Waals surface area contributed by atoms with Crippen LogP contribution in [0.1, 0.15) is 0 Å². The number of halogens is 1. The van der Waals surface area contributed by atoms with Gasteiger partial charge in [0.1, 0.15) is 6.61 Å². The first-order valence-electron chi connectivity index (χ1n) is 1.69. The summed E-state index contributed by atoms with van der Waals surface area (Å²) in [5.74, 6) is -0.762. The summed E-state index contributed by atoms with van der Waals surface area (Å²) in [5.41, 5.74) is 0.902. The summed E-state index contributed by atoms with van der Waals surface area (Å²) in [4.78, 5) is 9.80. The van der Waals surface area contributed by atoms with E-state index in [0.29, 0.717) is 0 Å². The molecule has 0 aromatic heterocycles. The first kappa shape index (κ1) is 6.36. The molecule has 0 heterocycles. The average molecular weight is 107 g/mol. The van der Waals surface area contributed by atoms with Gasteiger partial charge in [0.25, 0.3) is 5.91 Å². The van der Waals surface area contributed by atoms with Crippen LogP contribution in [0, 0.1) is 0 Å². The Hall–Kier alpha value is -0.640. The lowest BCUT2D eigenvalue weighted by Gasteiger charge is -1.89. The standard InChI is InChI=1S/C3H6FNO2/c1-7-2-3(6)5-4/h2H2,1H3,(H,5,6). The summed E-state index contributed by atoms with van der Waals surface area (Å²) >= 11 is 0. The Morgan fingerprint density at radius 3 is 2.71 bits per heavy atom. The van der Waals surface area contributed by atoms with E-state index in [1.165, 1.54) is 7.11 Å². The van der Waals surface area contributed by atoms with Gasteiger partial charge in [-0.2, -0.15) is 5.54 Å². The summed E-state index contributed by atoms with van der Waals surface area (Å²) < 4.78 is 15.1. The number of nitrogens with one attached hydrogen (secondary N) is 1. The predicted molar refractivity (Wildman–Crippen MR) is 21.1 cm³/mol. The molecule has 1 N–H and O–H groups in total. The Bertz CT molecular complexity index is 66.0. The summed E-state index contributed by atoms with van der Waals surface area (Å²) in [6.07, 6.45) is 0. The van der Waals surface area contributed by atoms with Crippen LogP contribution in [0.25, 0.3) is 0 Å². The molecule has 0 aromatic carbocycles. The van der Waals surface area contributed by atoms with Gasteiger partial charge in [-0.15, -0.1) is 4.48 Å². The molecule has 0 aliphatic carbocycles. The van der Waals surface area contributed by atoms with Gasteiger partial charge in [0.2, 0.25) is 0 Å². The zero-order chi connectivity index (χ0) is 5.70. The van der Waals surface area contributed by atoms with Crippen molar-refractivity contribution >= 4 is 5.91 Å². The first-order chi connectivity index (χ1) is 3.31. The third-order valence-corrected chi connectivity index (χ3v) is 0.381. The number of methoxy groups -OCH3 is 1. The average Bonchev–Trinajstić information content (AvgIpc) is 1.68. The second kappa shape index (κ2) is 3.55. The molecule has 3 nitrogen and oxygen atoms in total. The van der Waals surface area contributed by atoms with E-state index in [2.05, 4.69) is 4.74 Å². The lowest BCUT2D eigenvalue weighted by atomic mass is 10.7. The first-order valence-corrected chi connectivity index (χ1v) is 1.69. The quantitative estimate of drug-likeness (QED) is 0.489. The number of hydrogen-bond donors (Lipinski definition) is 1. The Morgan fingerprint density at radius 1 is 2.00 bits per heavy atom. The third kappa shape index (κ3) is 3.18. The second-order valence-electron chi connectivity index (χ2n) is 0.951. The van der Waals surface area contributed by atoms with E-state index in [1.807, 2.05) is 0 Å². The Morgan fingerprint density at radius 2 is 2.57 bits per heavy atom. The van der Waals surface area contributed by atoms with E-state index in [0.717, 1.165) is 5.54 Å². The molecule has 0 aromatic rings. The van der Waals surface area contributed by atoms with Crippen molar-refractivity contribution in [3.05, 3.63) is 0 Å². The fourth-order valence-electron chi connectivity index (χ4n) is 0.158. The highest BCUT2D eigenvalue weighted by molar-refractivity contribution is 5.75. The normalized spacial score (nSPS) is 8.29. The fraction of sp³-hybridized carbons (Fsp3) is 0.667. The van der Waals surface area contributed by atoms with Gasteiger partial charge in [0, 0.05) is 7.11 Å². The van der Waals surface area contributed by atoms with Crippen LogP contribution in [0.15, 0.2) is 0 Å². The predicted octanol–water partition coefficient (Wildman–Crippen LogP) is -0.366. The summed E-state index contributed by atoms with van der Waals surface area (Å²) in [7, 11) is 1.31. The lowest BCUT2D eigenvalue weighted by molar-refractivity contribution is -0.128. The Kier molecular flexibility index (Phi) is 3.22. The summed E-state index contributed by atoms with van der Waals surface area (Å²) in [6.45, 7) is -0.226. The molecule has 0 fully saturated rings. The van der Waals surface area contributed by atoms with Gasteiger partial charge in [-0.05, 0) is 0 Å². The van der Waals surface area contributed by atoms with Gasteiger partial charge in [0.15, 0.2) is 0 Å². The van der Waals surface area contributed by atoms with Crippen molar-refractivity contribution in [1.29, 1.82) is 0 Å². The van der Waals surface area contributed by atoms with Crippen molar-refractivity contribution in [3.63, 3.8) is 0 Å². The van der Waals surface area contributed by atoms with Crippen molar-refractivity contribution in [2.45, 2.75) is 0 Å². The smallest absolute Gasteiger partial charge is 0.273 e. The highest BCUT2D eigenvalue weighted by Crippen LogP contribution is 1.65. The number of carbonyl (C=O) groups is 1. The van der Waals surface area contributed by atoms with Crippen molar-refractivity contribution in [3.8, 4) is 0 Å². The molecular formula is C3H6FNO2. The number of ether oxygens (including phenoxy) is 1. The Labute approximate surface area is 40.4 Å². The van der Waals surface area contributed by atoms with Gasteiger partial charge in [-0.25, -0.2) is 0 Å². The van der Waals surface area contributed by atoms with Gasteiger partial charge in [-0.3, -0.25) is 4.79 Å². The molecule has 0 radical (unpaired) electrons. The van der Waals surface area contributed by atoms with Crippen molar-refractivity contribution in [1.82, 2.24) is 5.54 Å². The number of amides is 1. The molecule has 0 spiro atoms. The molecular weight excluding hydrogens is 101 g/mol. The number of rotatable bonds is 2. The molecule has 1 amide bonds. The minimum atomic E-state index is -0.762. The summed E-state index contributed by atoms with van der Waals surface area (Å²) in [6, 6.07) is 0. The van der Waals surface area contributed by atoms with Crippen LogP contribution in [-0.4, -0.2) is 19.6 Å². The van der Waals surface area contributed by atoms with Gasteiger partial charge in [0.05, 0.1) is 0 Å². The molecule has 0 saturated carbocycles. The molecule has 0 aliphatic rings. The number of carbonyl (C=O) groups excluding carboxylic acids is 1. The van der Waals surface area contributed by atoms with Crippen LogP contribution in [-0.2, 0) is 9.53 Å². The van der Waals surface area contributed by atoms with E-state index in [-0.39, 0.29) is 6.61 Å². The lowest BCUT2D eigenvalue weighted by Crippen LogP contribution is -2.18. The molecule has 0 aliphatic heterocycles. The van der Waals surface area contributed by atoms with Crippen molar-refractivity contribution < 1.29 is 14.0 Å². The minimum Gasteiger partial charge on any atom is -0.375 e. The molecule has 0 atom stereocenters. The largest absolute Gasteiger partial charge is 0.375 e. The van der Waals surface area contributed by atoms with Gasteiger partial charge in [-0.1, -0.05) is 0 Å². The maximum atomic E-state index is 10.9. The monoisotopic (exact) mass is 107 g/mol. The van der Waals surface area contributed by atoms with E-state index in [1.54, 1.807) is 0 Å². The molecule has 0 saturated heterocycles. The highest BCUT2D eigenvalue weighted by Gasteiger charge is 1.93. The van der Waals surface area contributed by atoms with Gasteiger partial charge >= 0.3 is 0 Å². The SMILES string of the molecule is COCC(=O)NF. The van der Waals surface area contributed by atoms with Crippen LogP contribution < -0.4 is 5.54 Å². The van der Waals surface area contributed by atoms with E-state index in [9.17, 15) is 9.28 Å². The van der Waals surface area contributed by atoms with E-state index in [4.69, 9.17) is 0 Å². The third-order valence-electron chi connectivity index (χ3n) is 0.381. The van der Waals surface area contributed by atoms with Gasteiger partial charge < -0.3 is 4.74 Å². The topological polar surface area (TPSA) is 38.3 Å². The highest BCUT2D eigenvalue weighted by atomic mass is 19.2. The van der Waals surface area contributed by atoms with Crippen molar-refractivity contribution in [2.24, 2.45) is 0 Å². The molecule has 42 valence electrons. The summed E-state index contributed by atoms with van der Waals surface area (Å²) in [5, 5.41) is 0. The van der Waals surface area contributed by atoms with E-state index < -0.39 is 5.91 Å². The maximum absolute atomic E-state index is 10.9.